The number of rotatable bonds is 9. The van der Waals surface area contributed by atoms with Crippen molar-refractivity contribution in [2.45, 2.75) is 20.0 Å². The molecule has 0 aliphatic carbocycles. The minimum absolute atomic E-state index is 0.0444. The van der Waals surface area contributed by atoms with Gasteiger partial charge in [-0.25, -0.2) is 4.79 Å². The van der Waals surface area contributed by atoms with E-state index < -0.39 is 0 Å². The Balaban J connectivity index is 1.70. The van der Waals surface area contributed by atoms with Crippen LogP contribution in [0.4, 0.5) is 4.79 Å². The zero-order chi connectivity index (χ0) is 22.9. The molecule has 0 bridgehead atoms. The lowest BCUT2D eigenvalue weighted by Gasteiger charge is -2.32. The van der Waals surface area contributed by atoms with E-state index in [1.54, 1.807) is 30.3 Å². The van der Waals surface area contributed by atoms with Crippen molar-refractivity contribution in [1.29, 1.82) is 0 Å². The lowest BCUT2D eigenvalue weighted by Crippen LogP contribution is -2.49. The highest BCUT2D eigenvalue weighted by molar-refractivity contribution is 7.11. The molecule has 0 radical (unpaired) electrons. The molecule has 0 atom stereocenters. The molecule has 0 unspecified atom stereocenters. The zero-order valence-corrected chi connectivity index (χ0v) is 20.1. The first-order valence-electron chi connectivity index (χ1n) is 11.1. The number of carbonyl (C=O) groups excluding carboxylic acids is 2. The largest absolute Gasteiger partial charge is 0.379 e. The maximum absolute atomic E-state index is 13.4. The summed E-state index contributed by atoms with van der Waals surface area (Å²) in [7, 11) is 3.45. The van der Waals surface area contributed by atoms with Gasteiger partial charge in [-0.05, 0) is 24.6 Å². The summed E-state index contributed by atoms with van der Waals surface area (Å²) in [6.07, 6.45) is 0. The van der Waals surface area contributed by atoms with Crippen molar-refractivity contribution in [3.05, 3.63) is 57.8 Å². The topological polar surface area (TPSA) is 56.3 Å². The number of ether oxygens (including phenoxy) is 1. The van der Waals surface area contributed by atoms with Crippen molar-refractivity contribution in [2.24, 2.45) is 0 Å². The molecular weight excluding hydrogens is 424 g/mol. The van der Waals surface area contributed by atoms with Crippen LogP contribution >= 0.6 is 11.3 Å². The van der Waals surface area contributed by atoms with E-state index >= 15 is 0 Å². The molecule has 1 aliphatic heterocycles. The summed E-state index contributed by atoms with van der Waals surface area (Å²) >= 11 is 1.70. The van der Waals surface area contributed by atoms with Gasteiger partial charge in [-0.3, -0.25) is 9.69 Å². The van der Waals surface area contributed by atoms with Crippen LogP contribution in [0.2, 0.25) is 0 Å². The van der Waals surface area contributed by atoms with Gasteiger partial charge in [0, 0.05) is 56.6 Å². The van der Waals surface area contributed by atoms with Gasteiger partial charge in [0.2, 0.25) is 5.91 Å². The van der Waals surface area contributed by atoms with Gasteiger partial charge in [-0.2, -0.15) is 0 Å². The first-order chi connectivity index (χ1) is 15.4. The summed E-state index contributed by atoms with van der Waals surface area (Å²) in [5.74, 6) is -0.0444. The van der Waals surface area contributed by atoms with E-state index in [1.165, 1.54) is 9.78 Å². The molecule has 7 nitrogen and oxygen atoms in total. The molecule has 1 aromatic heterocycles. The van der Waals surface area contributed by atoms with Crippen molar-refractivity contribution in [3.63, 3.8) is 0 Å². The molecule has 32 heavy (non-hydrogen) atoms. The number of hydrogen-bond acceptors (Lipinski definition) is 5. The van der Waals surface area contributed by atoms with Gasteiger partial charge >= 0.3 is 6.03 Å². The van der Waals surface area contributed by atoms with Gasteiger partial charge in [-0.15, -0.1) is 11.3 Å². The average Bonchev–Trinajstić information content (AvgIpc) is 3.21. The summed E-state index contributed by atoms with van der Waals surface area (Å²) in [4.78, 5) is 36.0. The van der Waals surface area contributed by atoms with Crippen LogP contribution in [0.25, 0.3) is 0 Å². The highest BCUT2D eigenvalue weighted by Gasteiger charge is 2.24. The zero-order valence-electron chi connectivity index (χ0n) is 19.3. The molecule has 0 spiro atoms. The highest BCUT2D eigenvalue weighted by atomic mass is 32.1. The Morgan fingerprint density at radius 2 is 1.72 bits per heavy atom. The molecule has 1 saturated heterocycles. The third-order valence-electron chi connectivity index (χ3n) is 5.48. The fourth-order valence-electron chi connectivity index (χ4n) is 3.67. The van der Waals surface area contributed by atoms with Crippen molar-refractivity contribution < 1.29 is 14.3 Å². The molecule has 8 heteroatoms. The van der Waals surface area contributed by atoms with Gasteiger partial charge in [0.15, 0.2) is 0 Å². The number of thiophene rings is 1. The Morgan fingerprint density at radius 1 is 1.00 bits per heavy atom. The lowest BCUT2D eigenvalue weighted by atomic mass is 10.2. The Kier molecular flexibility index (Phi) is 9.08. The molecule has 174 valence electrons. The van der Waals surface area contributed by atoms with Crippen molar-refractivity contribution >= 4 is 23.3 Å². The number of amides is 3. The number of aryl methyl sites for hydroxylation is 1. The summed E-state index contributed by atoms with van der Waals surface area (Å²) in [6, 6.07) is 14.0. The number of hydrogen-bond donors (Lipinski definition) is 0. The molecule has 2 aromatic rings. The van der Waals surface area contributed by atoms with Crippen LogP contribution in [0.1, 0.15) is 15.3 Å². The maximum atomic E-state index is 13.4. The fraction of sp³-hybridized carbons (Fsp3) is 0.500. The van der Waals surface area contributed by atoms with Gasteiger partial charge in [0.25, 0.3) is 0 Å². The molecule has 0 saturated carbocycles. The van der Waals surface area contributed by atoms with Crippen molar-refractivity contribution in [1.82, 2.24) is 19.6 Å². The summed E-state index contributed by atoms with van der Waals surface area (Å²) < 4.78 is 5.41. The predicted molar refractivity (Wildman–Crippen MR) is 128 cm³/mol. The van der Waals surface area contributed by atoms with Crippen molar-refractivity contribution in [3.8, 4) is 0 Å². The molecule has 3 rings (SSSR count). The third kappa shape index (κ3) is 7.32. The van der Waals surface area contributed by atoms with E-state index in [2.05, 4.69) is 24.0 Å². The lowest BCUT2D eigenvalue weighted by molar-refractivity contribution is -0.133. The van der Waals surface area contributed by atoms with Crippen LogP contribution in [0, 0.1) is 6.92 Å². The third-order valence-corrected chi connectivity index (χ3v) is 6.47. The number of carbonyl (C=O) groups is 2. The molecule has 1 fully saturated rings. The number of morpholine rings is 1. The highest BCUT2D eigenvalue weighted by Crippen LogP contribution is 2.19. The van der Waals surface area contributed by atoms with E-state index in [9.17, 15) is 9.59 Å². The standard InChI is InChI=1S/C24H34N4O3S/c1-20-9-10-22(32-20)18-28(17-21-7-5-4-6-8-21)23(29)19-27(24(30)25(2)3)12-11-26-13-15-31-16-14-26/h4-10H,11-19H2,1-3H3. The van der Waals surface area contributed by atoms with Crippen LogP contribution in [0.5, 0.6) is 0 Å². The first kappa shape index (κ1) is 24.2. The maximum Gasteiger partial charge on any atom is 0.319 e. The van der Waals surface area contributed by atoms with Crippen LogP contribution in [0.3, 0.4) is 0 Å². The second kappa shape index (κ2) is 12.0. The summed E-state index contributed by atoms with van der Waals surface area (Å²) in [6.45, 7) is 7.59. The minimum atomic E-state index is -0.141. The SMILES string of the molecule is Cc1ccc(CN(Cc2ccccc2)C(=O)CN(CCN2CCOCC2)C(=O)N(C)C)s1. The minimum Gasteiger partial charge on any atom is -0.379 e. The second-order valence-corrected chi connectivity index (χ2v) is 9.67. The fourth-order valence-corrected chi connectivity index (χ4v) is 4.58. The molecule has 1 aromatic carbocycles. The molecule has 1 aliphatic rings. The van der Waals surface area contributed by atoms with E-state index in [-0.39, 0.29) is 18.5 Å². The summed E-state index contributed by atoms with van der Waals surface area (Å²) in [5, 5.41) is 0. The second-order valence-electron chi connectivity index (χ2n) is 8.30. The quantitative estimate of drug-likeness (QED) is 0.580. The smallest absolute Gasteiger partial charge is 0.319 e. The predicted octanol–water partition coefficient (Wildman–Crippen LogP) is 2.90. The van der Waals surface area contributed by atoms with E-state index in [0.29, 0.717) is 32.8 Å². The van der Waals surface area contributed by atoms with Gasteiger partial charge < -0.3 is 19.4 Å². The van der Waals surface area contributed by atoms with Crippen LogP contribution in [-0.4, -0.2) is 91.6 Å². The van der Waals surface area contributed by atoms with Crippen LogP contribution in [-0.2, 0) is 22.6 Å². The molecular formula is C24H34N4O3S. The molecule has 3 amide bonds. The monoisotopic (exact) mass is 458 g/mol. The van der Waals surface area contributed by atoms with E-state index in [1.807, 2.05) is 35.2 Å². The molecule has 2 heterocycles. The Morgan fingerprint density at radius 3 is 2.34 bits per heavy atom. The van der Waals surface area contributed by atoms with Crippen LogP contribution < -0.4 is 0 Å². The normalized spacial score (nSPS) is 14.2. The number of urea groups is 1. The number of nitrogens with zero attached hydrogens (tertiary/aromatic N) is 4. The Labute approximate surface area is 195 Å². The van der Waals surface area contributed by atoms with E-state index in [4.69, 9.17) is 4.74 Å². The summed E-state index contributed by atoms with van der Waals surface area (Å²) in [5.41, 5.74) is 1.08. The van der Waals surface area contributed by atoms with E-state index in [0.717, 1.165) is 30.1 Å². The number of benzene rings is 1. The van der Waals surface area contributed by atoms with Crippen molar-refractivity contribution in [2.75, 3.05) is 60.0 Å². The van der Waals surface area contributed by atoms with Crippen LogP contribution in [0.15, 0.2) is 42.5 Å². The first-order valence-corrected chi connectivity index (χ1v) is 11.9. The van der Waals surface area contributed by atoms with Gasteiger partial charge in [-0.1, -0.05) is 30.3 Å². The average molecular weight is 459 g/mol. The van der Waals surface area contributed by atoms with Gasteiger partial charge in [0.1, 0.15) is 6.54 Å². The van der Waals surface area contributed by atoms with Gasteiger partial charge in [0.05, 0.1) is 19.8 Å². The Hall–Kier alpha value is -2.42. The Bertz CT molecular complexity index is 865. The molecule has 0 N–H and O–H groups in total.